The summed E-state index contributed by atoms with van der Waals surface area (Å²) in [5.74, 6) is -0.461. The first-order chi connectivity index (χ1) is 6.20. The Morgan fingerprint density at radius 2 is 2.38 bits per heavy atom. The fraction of sp³-hybridized carbons (Fsp3) is 0.333. The van der Waals surface area contributed by atoms with E-state index in [0.717, 1.165) is 0 Å². The van der Waals surface area contributed by atoms with Gasteiger partial charge in [0.2, 0.25) is 0 Å². The highest BCUT2D eigenvalue weighted by atomic mass is 16.5. The molecule has 0 aromatic carbocycles. The molecule has 0 atom stereocenters. The van der Waals surface area contributed by atoms with Crippen molar-refractivity contribution >= 4 is 12.3 Å². The summed E-state index contributed by atoms with van der Waals surface area (Å²) in [7, 11) is 1.69. The van der Waals surface area contributed by atoms with E-state index in [9.17, 15) is 9.59 Å². The van der Waals surface area contributed by atoms with E-state index in [1.807, 2.05) is 0 Å². The predicted octanol–water partition coefficient (Wildman–Crippen LogP) is 1.01. The van der Waals surface area contributed by atoms with Gasteiger partial charge in [-0.25, -0.2) is 4.79 Å². The molecule has 4 heteroatoms. The minimum atomic E-state index is -0.461. The monoisotopic (exact) mass is 181 g/mol. The van der Waals surface area contributed by atoms with E-state index in [1.54, 1.807) is 30.8 Å². The zero-order valence-corrected chi connectivity index (χ0v) is 7.61. The number of aldehydes is 1. The Hall–Kier alpha value is -1.58. The van der Waals surface area contributed by atoms with Crippen LogP contribution < -0.4 is 0 Å². The van der Waals surface area contributed by atoms with Crippen LogP contribution in [0.5, 0.6) is 0 Å². The zero-order chi connectivity index (χ0) is 9.84. The average molecular weight is 181 g/mol. The van der Waals surface area contributed by atoms with Crippen LogP contribution >= 0.6 is 0 Å². The number of hydrogen-bond acceptors (Lipinski definition) is 3. The van der Waals surface area contributed by atoms with Gasteiger partial charge in [0.25, 0.3) is 0 Å². The van der Waals surface area contributed by atoms with Gasteiger partial charge in [-0.2, -0.15) is 0 Å². The van der Waals surface area contributed by atoms with Gasteiger partial charge in [0.15, 0.2) is 6.29 Å². The zero-order valence-electron chi connectivity index (χ0n) is 7.61. The number of nitrogens with zero attached hydrogens (tertiary/aromatic N) is 1. The van der Waals surface area contributed by atoms with Crippen LogP contribution in [0.4, 0.5) is 0 Å². The molecule has 0 fully saturated rings. The molecule has 0 spiro atoms. The molecule has 0 radical (unpaired) electrons. The first-order valence-corrected chi connectivity index (χ1v) is 3.98. The molecule has 70 valence electrons. The summed E-state index contributed by atoms with van der Waals surface area (Å²) in [6, 6.07) is 1.58. The first-order valence-electron chi connectivity index (χ1n) is 3.98. The molecule has 1 aromatic heterocycles. The molecule has 0 bridgehead atoms. The number of ether oxygens (including phenoxy) is 1. The minimum absolute atomic E-state index is 0.303. The van der Waals surface area contributed by atoms with Crippen molar-refractivity contribution in [2.75, 3.05) is 6.61 Å². The predicted molar refractivity (Wildman–Crippen MR) is 46.8 cm³/mol. The van der Waals surface area contributed by atoms with Gasteiger partial charge in [0.05, 0.1) is 6.61 Å². The van der Waals surface area contributed by atoms with E-state index in [-0.39, 0.29) is 0 Å². The van der Waals surface area contributed by atoms with Crippen molar-refractivity contribution in [1.82, 2.24) is 4.57 Å². The topological polar surface area (TPSA) is 48.3 Å². The highest BCUT2D eigenvalue weighted by Crippen LogP contribution is 2.08. The lowest BCUT2D eigenvalue weighted by atomic mass is 10.2. The Morgan fingerprint density at radius 3 is 2.92 bits per heavy atom. The van der Waals surface area contributed by atoms with Gasteiger partial charge in [-0.05, 0) is 13.0 Å². The maximum atomic E-state index is 11.3. The summed E-state index contributed by atoms with van der Waals surface area (Å²) in [6.45, 7) is 2.03. The quantitative estimate of drug-likeness (QED) is 0.516. The van der Waals surface area contributed by atoms with Crippen LogP contribution in [0, 0.1) is 0 Å². The third kappa shape index (κ3) is 1.77. The van der Waals surface area contributed by atoms with E-state index < -0.39 is 5.97 Å². The van der Waals surface area contributed by atoms with Crippen LogP contribution in [0.3, 0.4) is 0 Å². The summed E-state index contributed by atoms with van der Waals surface area (Å²) < 4.78 is 6.36. The molecule has 0 saturated carbocycles. The fourth-order valence-electron chi connectivity index (χ4n) is 1.11. The largest absolute Gasteiger partial charge is 0.461 e. The molecule has 0 aliphatic rings. The Morgan fingerprint density at radius 1 is 1.69 bits per heavy atom. The van der Waals surface area contributed by atoms with Crippen molar-refractivity contribution in [3.63, 3.8) is 0 Å². The average Bonchev–Trinajstić information content (AvgIpc) is 2.47. The van der Waals surface area contributed by atoms with Crippen LogP contribution in [-0.2, 0) is 11.8 Å². The van der Waals surface area contributed by atoms with Crippen LogP contribution in [0.25, 0.3) is 0 Å². The number of carbonyl (C=O) groups is 2. The van der Waals surface area contributed by atoms with Crippen LogP contribution in [0.1, 0.15) is 27.8 Å². The highest BCUT2D eigenvalue weighted by Gasteiger charge is 2.15. The van der Waals surface area contributed by atoms with Gasteiger partial charge in [-0.1, -0.05) is 0 Å². The summed E-state index contributed by atoms with van der Waals surface area (Å²) in [4.78, 5) is 21.8. The molecule has 0 amide bonds. The summed E-state index contributed by atoms with van der Waals surface area (Å²) in [5, 5.41) is 0. The molecule has 0 aliphatic carbocycles. The molecule has 1 rings (SSSR count). The maximum Gasteiger partial charge on any atom is 0.355 e. The summed E-state index contributed by atoms with van der Waals surface area (Å²) >= 11 is 0. The van der Waals surface area contributed by atoms with Gasteiger partial charge in [0.1, 0.15) is 5.69 Å². The molecule has 4 nitrogen and oxygen atoms in total. The second-order valence-corrected chi connectivity index (χ2v) is 2.57. The Kier molecular flexibility index (Phi) is 2.84. The number of hydrogen-bond donors (Lipinski definition) is 0. The fourth-order valence-corrected chi connectivity index (χ4v) is 1.11. The van der Waals surface area contributed by atoms with Crippen LogP contribution in [0.15, 0.2) is 12.3 Å². The molecule has 0 unspecified atom stereocenters. The van der Waals surface area contributed by atoms with E-state index in [1.165, 1.54) is 0 Å². The summed E-state index contributed by atoms with van der Waals surface area (Å²) in [6.07, 6.45) is 2.29. The Balaban J connectivity index is 3.03. The van der Waals surface area contributed by atoms with Gasteiger partial charge >= 0.3 is 5.97 Å². The van der Waals surface area contributed by atoms with E-state index in [4.69, 9.17) is 4.74 Å². The molecule has 1 heterocycles. The lowest BCUT2D eigenvalue weighted by Gasteiger charge is -2.03. The lowest BCUT2D eigenvalue weighted by molar-refractivity contribution is 0.0513. The van der Waals surface area contributed by atoms with Crippen molar-refractivity contribution in [3.05, 3.63) is 23.5 Å². The first kappa shape index (κ1) is 9.51. The lowest BCUT2D eigenvalue weighted by Crippen LogP contribution is -2.11. The molecule has 1 aromatic rings. The van der Waals surface area contributed by atoms with Gasteiger partial charge < -0.3 is 9.30 Å². The molecule has 0 aliphatic heterocycles. The van der Waals surface area contributed by atoms with Crippen molar-refractivity contribution in [3.8, 4) is 0 Å². The smallest absolute Gasteiger partial charge is 0.355 e. The molecule has 0 saturated heterocycles. The standard InChI is InChI=1S/C9H11NO3/c1-3-13-9(12)8-7(6-11)4-5-10(8)2/h4-6H,3H2,1-2H3. The molecule has 0 N–H and O–H groups in total. The van der Waals surface area contributed by atoms with Crippen molar-refractivity contribution < 1.29 is 14.3 Å². The SMILES string of the molecule is CCOC(=O)c1c(C=O)ccn1C. The number of carbonyl (C=O) groups excluding carboxylic acids is 2. The number of aryl methyl sites for hydroxylation is 1. The third-order valence-electron chi connectivity index (χ3n) is 1.70. The normalized spacial score (nSPS) is 9.69. The number of aromatic nitrogens is 1. The van der Waals surface area contributed by atoms with E-state index in [0.29, 0.717) is 24.2 Å². The Labute approximate surface area is 76.1 Å². The second-order valence-electron chi connectivity index (χ2n) is 2.57. The van der Waals surface area contributed by atoms with Gasteiger partial charge in [-0.3, -0.25) is 4.79 Å². The molecular formula is C9H11NO3. The molecular weight excluding hydrogens is 170 g/mol. The van der Waals surface area contributed by atoms with Crippen molar-refractivity contribution in [2.24, 2.45) is 7.05 Å². The van der Waals surface area contributed by atoms with Crippen LogP contribution in [-0.4, -0.2) is 23.4 Å². The third-order valence-corrected chi connectivity index (χ3v) is 1.70. The minimum Gasteiger partial charge on any atom is -0.461 e. The highest BCUT2D eigenvalue weighted by molar-refractivity contribution is 5.96. The van der Waals surface area contributed by atoms with E-state index >= 15 is 0 Å². The van der Waals surface area contributed by atoms with Gasteiger partial charge in [0, 0.05) is 18.8 Å². The van der Waals surface area contributed by atoms with E-state index in [2.05, 4.69) is 0 Å². The summed E-state index contributed by atoms with van der Waals surface area (Å²) in [5.41, 5.74) is 0.665. The number of rotatable bonds is 3. The van der Waals surface area contributed by atoms with Gasteiger partial charge in [-0.15, -0.1) is 0 Å². The van der Waals surface area contributed by atoms with Crippen molar-refractivity contribution in [1.29, 1.82) is 0 Å². The number of esters is 1. The molecule has 13 heavy (non-hydrogen) atoms. The second kappa shape index (κ2) is 3.89. The van der Waals surface area contributed by atoms with Crippen LogP contribution in [0.2, 0.25) is 0 Å². The van der Waals surface area contributed by atoms with Crippen molar-refractivity contribution in [2.45, 2.75) is 6.92 Å². The Bertz CT molecular complexity index is 328. The maximum absolute atomic E-state index is 11.3.